The van der Waals surface area contributed by atoms with Crippen LogP contribution in [0.1, 0.15) is 26.7 Å². The number of aromatic nitrogens is 1. The van der Waals surface area contributed by atoms with Gasteiger partial charge < -0.3 is 5.32 Å². The Morgan fingerprint density at radius 1 is 1.29 bits per heavy atom. The Hall–Kier alpha value is -1.82. The number of hydrogen-bond donors (Lipinski definition) is 1. The lowest BCUT2D eigenvalue weighted by Gasteiger charge is -2.10. The van der Waals surface area contributed by atoms with Gasteiger partial charge in [0.25, 0.3) is 0 Å². The van der Waals surface area contributed by atoms with Crippen LogP contribution in [0, 0.1) is 17.6 Å². The molecule has 0 saturated carbocycles. The summed E-state index contributed by atoms with van der Waals surface area (Å²) in [6, 6.07) is 3.61. The van der Waals surface area contributed by atoms with Gasteiger partial charge in [-0.1, -0.05) is 13.8 Å². The summed E-state index contributed by atoms with van der Waals surface area (Å²) in [4.78, 5) is 16.2. The highest BCUT2D eigenvalue weighted by molar-refractivity contribution is 7.14. The van der Waals surface area contributed by atoms with Gasteiger partial charge in [0.2, 0.25) is 5.91 Å². The molecule has 2 aromatic rings. The zero-order valence-electron chi connectivity index (χ0n) is 11.8. The molecule has 0 aliphatic rings. The highest BCUT2D eigenvalue weighted by Crippen LogP contribution is 2.26. The second-order valence-corrected chi connectivity index (χ2v) is 5.53. The third kappa shape index (κ3) is 3.64. The highest BCUT2D eigenvalue weighted by Gasteiger charge is 2.16. The van der Waals surface area contributed by atoms with E-state index in [0.29, 0.717) is 16.4 Å². The summed E-state index contributed by atoms with van der Waals surface area (Å²) in [5.74, 6) is -1.91. The van der Waals surface area contributed by atoms with E-state index in [1.54, 1.807) is 5.38 Å². The number of nitrogens with zero attached hydrogens (tertiary/aromatic N) is 1. The molecule has 0 aliphatic heterocycles. The minimum atomic E-state index is -0.914. The smallest absolute Gasteiger partial charge is 0.229 e. The second kappa shape index (κ2) is 6.76. The van der Waals surface area contributed by atoms with Gasteiger partial charge in [-0.3, -0.25) is 4.79 Å². The summed E-state index contributed by atoms with van der Waals surface area (Å²) in [6.45, 7) is 3.92. The first kappa shape index (κ1) is 15.6. The van der Waals surface area contributed by atoms with E-state index in [9.17, 15) is 13.6 Å². The number of nitrogens with one attached hydrogen (secondary N) is 1. The summed E-state index contributed by atoms with van der Waals surface area (Å²) in [5, 5.41) is 4.93. The van der Waals surface area contributed by atoms with Crippen molar-refractivity contribution in [2.24, 2.45) is 5.92 Å². The number of anilines is 1. The lowest BCUT2D eigenvalue weighted by atomic mass is 10.0. The molecule has 0 radical (unpaired) electrons. The molecular weight excluding hydrogens is 294 g/mol. The van der Waals surface area contributed by atoms with Crippen molar-refractivity contribution >= 4 is 22.4 Å². The lowest BCUT2D eigenvalue weighted by Crippen LogP contribution is -2.21. The lowest BCUT2D eigenvalue weighted by molar-refractivity contribution is -0.120. The number of rotatable bonds is 5. The Labute approximate surface area is 126 Å². The van der Waals surface area contributed by atoms with E-state index in [-0.39, 0.29) is 11.8 Å². The van der Waals surface area contributed by atoms with E-state index >= 15 is 0 Å². The fourth-order valence-electron chi connectivity index (χ4n) is 1.99. The molecule has 0 aliphatic carbocycles. The van der Waals surface area contributed by atoms with Crippen LogP contribution in [0.2, 0.25) is 0 Å². The maximum Gasteiger partial charge on any atom is 0.229 e. The van der Waals surface area contributed by atoms with E-state index in [2.05, 4.69) is 10.3 Å². The molecule has 0 fully saturated rings. The van der Waals surface area contributed by atoms with Gasteiger partial charge in [-0.15, -0.1) is 11.3 Å². The molecule has 1 heterocycles. The first-order valence-electron chi connectivity index (χ1n) is 6.77. The van der Waals surface area contributed by atoms with E-state index in [4.69, 9.17) is 0 Å². The van der Waals surface area contributed by atoms with Gasteiger partial charge in [0.1, 0.15) is 0 Å². The van der Waals surface area contributed by atoms with Crippen LogP contribution in [0.3, 0.4) is 0 Å². The van der Waals surface area contributed by atoms with Gasteiger partial charge in [0.05, 0.1) is 5.69 Å². The minimum absolute atomic E-state index is 0.0411. The van der Waals surface area contributed by atoms with Crippen LogP contribution in [0.5, 0.6) is 0 Å². The Balaban J connectivity index is 2.14. The molecule has 0 spiro atoms. The molecular formula is C15H16F2N2OS. The number of carbonyl (C=O) groups excluding carboxylic acids is 1. The molecule has 2 rings (SSSR count). The molecule has 0 saturated heterocycles. The molecule has 0 bridgehead atoms. The summed E-state index contributed by atoms with van der Waals surface area (Å²) < 4.78 is 26.1. The Kier molecular flexibility index (Phi) is 5.01. The van der Waals surface area contributed by atoms with Crippen LogP contribution in [0.25, 0.3) is 11.3 Å². The fraction of sp³-hybridized carbons (Fsp3) is 0.333. The number of carbonyl (C=O) groups is 1. The Morgan fingerprint density at radius 3 is 2.62 bits per heavy atom. The standard InChI is InChI=1S/C15H16F2N2OS/c1-3-9(4-2)14(20)19-15-18-13(8-21-15)10-5-6-11(16)12(17)7-10/h5-9H,3-4H2,1-2H3,(H,18,19,20). The number of amides is 1. The molecule has 1 aromatic heterocycles. The maximum atomic E-state index is 13.2. The van der Waals surface area contributed by atoms with Crippen LogP contribution in [0.4, 0.5) is 13.9 Å². The predicted octanol–water partition coefficient (Wildman–Crippen LogP) is 4.46. The number of halogens is 2. The third-order valence-electron chi connectivity index (χ3n) is 3.31. The summed E-state index contributed by atoms with van der Waals surface area (Å²) >= 11 is 1.26. The zero-order chi connectivity index (χ0) is 15.4. The number of hydrogen-bond acceptors (Lipinski definition) is 3. The van der Waals surface area contributed by atoms with Crippen LogP contribution in [0.15, 0.2) is 23.6 Å². The maximum absolute atomic E-state index is 13.2. The zero-order valence-corrected chi connectivity index (χ0v) is 12.6. The van der Waals surface area contributed by atoms with Crippen LogP contribution >= 0.6 is 11.3 Å². The average Bonchev–Trinajstić information content (AvgIpc) is 2.91. The van der Waals surface area contributed by atoms with Crippen molar-refractivity contribution in [3.05, 3.63) is 35.2 Å². The molecule has 1 aromatic carbocycles. The van der Waals surface area contributed by atoms with Gasteiger partial charge in [-0.2, -0.15) is 0 Å². The van der Waals surface area contributed by atoms with Gasteiger partial charge in [-0.25, -0.2) is 13.8 Å². The summed E-state index contributed by atoms with van der Waals surface area (Å²) in [5.41, 5.74) is 0.993. The topological polar surface area (TPSA) is 42.0 Å². The molecule has 0 unspecified atom stereocenters. The number of thiazole rings is 1. The van der Waals surface area contributed by atoms with Crippen molar-refractivity contribution in [2.45, 2.75) is 26.7 Å². The van der Waals surface area contributed by atoms with E-state index in [0.717, 1.165) is 25.0 Å². The Morgan fingerprint density at radius 2 is 2.00 bits per heavy atom. The van der Waals surface area contributed by atoms with Gasteiger partial charge >= 0.3 is 0 Å². The van der Waals surface area contributed by atoms with E-state index in [1.165, 1.54) is 17.4 Å². The van der Waals surface area contributed by atoms with Crippen molar-refractivity contribution in [3.8, 4) is 11.3 Å². The molecule has 6 heteroatoms. The van der Waals surface area contributed by atoms with E-state index in [1.807, 2.05) is 13.8 Å². The van der Waals surface area contributed by atoms with Crippen LogP contribution < -0.4 is 5.32 Å². The van der Waals surface area contributed by atoms with Crippen molar-refractivity contribution in [2.75, 3.05) is 5.32 Å². The Bertz CT molecular complexity index is 638. The first-order chi connectivity index (χ1) is 10.0. The van der Waals surface area contributed by atoms with Crippen molar-refractivity contribution in [1.29, 1.82) is 0 Å². The molecule has 1 N–H and O–H groups in total. The third-order valence-corrected chi connectivity index (χ3v) is 4.06. The SMILES string of the molecule is CCC(CC)C(=O)Nc1nc(-c2ccc(F)c(F)c2)cs1. The predicted molar refractivity (Wildman–Crippen MR) is 80.2 cm³/mol. The highest BCUT2D eigenvalue weighted by atomic mass is 32.1. The molecule has 3 nitrogen and oxygen atoms in total. The van der Waals surface area contributed by atoms with Crippen molar-refractivity contribution in [1.82, 2.24) is 4.98 Å². The van der Waals surface area contributed by atoms with Crippen molar-refractivity contribution in [3.63, 3.8) is 0 Å². The van der Waals surface area contributed by atoms with Crippen LogP contribution in [-0.2, 0) is 4.79 Å². The quantitative estimate of drug-likeness (QED) is 0.885. The van der Waals surface area contributed by atoms with Gasteiger partial charge in [-0.05, 0) is 31.0 Å². The van der Waals surface area contributed by atoms with Crippen LogP contribution in [-0.4, -0.2) is 10.9 Å². The second-order valence-electron chi connectivity index (χ2n) is 4.67. The molecule has 1 amide bonds. The normalized spacial score (nSPS) is 10.9. The summed E-state index contributed by atoms with van der Waals surface area (Å²) in [6.07, 6.45) is 1.54. The fourth-order valence-corrected chi connectivity index (χ4v) is 2.71. The van der Waals surface area contributed by atoms with E-state index < -0.39 is 11.6 Å². The van der Waals surface area contributed by atoms with Crippen molar-refractivity contribution < 1.29 is 13.6 Å². The number of benzene rings is 1. The molecule has 112 valence electrons. The van der Waals surface area contributed by atoms with Gasteiger partial charge in [0, 0.05) is 16.9 Å². The monoisotopic (exact) mass is 310 g/mol. The minimum Gasteiger partial charge on any atom is -0.302 e. The average molecular weight is 310 g/mol. The summed E-state index contributed by atoms with van der Waals surface area (Å²) in [7, 11) is 0. The largest absolute Gasteiger partial charge is 0.302 e. The van der Waals surface area contributed by atoms with Gasteiger partial charge in [0.15, 0.2) is 16.8 Å². The molecule has 21 heavy (non-hydrogen) atoms. The first-order valence-corrected chi connectivity index (χ1v) is 7.64. The molecule has 0 atom stereocenters.